The number of piperidine rings is 1. The molecule has 1 aliphatic rings. The van der Waals surface area contributed by atoms with E-state index in [1.54, 1.807) is 6.07 Å². The zero-order chi connectivity index (χ0) is 11.4. The molecule has 0 saturated carbocycles. The molecule has 0 aliphatic carbocycles. The van der Waals surface area contributed by atoms with Crippen LogP contribution in [0.2, 0.25) is 0 Å². The molecule has 3 N–H and O–H groups in total. The third kappa shape index (κ3) is 3.00. The van der Waals surface area contributed by atoms with Gasteiger partial charge in [0, 0.05) is 15.7 Å². The van der Waals surface area contributed by atoms with Crippen molar-refractivity contribution in [2.24, 2.45) is 5.73 Å². The van der Waals surface area contributed by atoms with Crippen molar-refractivity contribution in [2.45, 2.75) is 23.0 Å². The third-order valence-corrected chi connectivity index (χ3v) is 4.04. The number of thioether (sulfide) groups is 1. The highest BCUT2D eigenvalue weighted by atomic mass is 32.2. The lowest BCUT2D eigenvalue weighted by atomic mass is 10.2. The molecule has 1 aromatic carbocycles. The van der Waals surface area contributed by atoms with Crippen LogP contribution in [0.1, 0.15) is 23.2 Å². The van der Waals surface area contributed by atoms with E-state index < -0.39 is 0 Å². The molecule has 0 radical (unpaired) electrons. The van der Waals surface area contributed by atoms with Gasteiger partial charge in [0.2, 0.25) is 5.91 Å². The Bertz CT molecular complexity index is 375. The maximum Gasteiger partial charge on any atom is 0.248 e. The number of hydrogen-bond acceptors (Lipinski definition) is 3. The highest BCUT2D eigenvalue weighted by molar-refractivity contribution is 8.00. The first kappa shape index (κ1) is 11.5. The number of rotatable bonds is 3. The van der Waals surface area contributed by atoms with Crippen LogP contribution in [0.3, 0.4) is 0 Å². The Labute approximate surface area is 99.8 Å². The Hall–Kier alpha value is -1.00. The Morgan fingerprint density at radius 2 is 2.12 bits per heavy atom. The van der Waals surface area contributed by atoms with Gasteiger partial charge in [-0.3, -0.25) is 4.79 Å². The normalized spacial score (nSPS) is 17.2. The molecule has 0 unspecified atom stereocenters. The van der Waals surface area contributed by atoms with Crippen molar-refractivity contribution in [3.8, 4) is 0 Å². The van der Waals surface area contributed by atoms with E-state index in [-0.39, 0.29) is 5.91 Å². The van der Waals surface area contributed by atoms with Crippen LogP contribution in [0.5, 0.6) is 0 Å². The maximum absolute atomic E-state index is 11.0. The van der Waals surface area contributed by atoms with Gasteiger partial charge in [0.25, 0.3) is 0 Å². The number of primary amides is 1. The Morgan fingerprint density at radius 1 is 1.38 bits per heavy atom. The molecule has 0 aromatic heterocycles. The number of nitrogens with two attached hydrogens (primary N) is 1. The first-order valence-corrected chi connectivity index (χ1v) is 6.41. The van der Waals surface area contributed by atoms with Crippen molar-refractivity contribution in [3.05, 3.63) is 29.8 Å². The second-order valence-electron chi connectivity index (χ2n) is 3.96. The number of carbonyl (C=O) groups excluding carboxylic acids is 1. The fraction of sp³-hybridized carbons (Fsp3) is 0.417. The molecule has 3 nitrogen and oxygen atoms in total. The number of carbonyl (C=O) groups is 1. The highest BCUT2D eigenvalue weighted by Gasteiger charge is 2.14. The average Bonchev–Trinajstić information content (AvgIpc) is 2.30. The van der Waals surface area contributed by atoms with Crippen LogP contribution in [0.15, 0.2) is 29.2 Å². The molecule has 0 spiro atoms. The fourth-order valence-electron chi connectivity index (χ4n) is 1.83. The first-order valence-electron chi connectivity index (χ1n) is 5.53. The van der Waals surface area contributed by atoms with E-state index in [4.69, 9.17) is 5.73 Å². The Morgan fingerprint density at radius 3 is 2.81 bits per heavy atom. The van der Waals surface area contributed by atoms with Gasteiger partial charge in [-0.2, -0.15) is 0 Å². The molecular weight excluding hydrogens is 220 g/mol. The van der Waals surface area contributed by atoms with Crippen LogP contribution in [-0.4, -0.2) is 24.2 Å². The number of benzene rings is 1. The number of hydrogen-bond donors (Lipinski definition) is 2. The maximum atomic E-state index is 11.0. The Balaban J connectivity index is 2.02. The zero-order valence-electron chi connectivity index (χ0n) is 9.11. The molecule has 16 heavy (non-hydrogen) atoms. The topological polar surface area (TPSA) is 55.1 Å². The summed E-state index contributed by atoms with van der Waals surface area (Å²) in [5, 5.41) is 4.00. The molecule has 2 rings (SSSR count). The van der Waals surface area contributed by atoms with Crippen molar-refractivity contribution in [3.63, 3.8) is 0 Å². The second-order valence-corrected chi connectivity index (χ2v) is 5.33. The van der Waals surface area contributed by atoms with Crippen molar-refractivity contribution in [2.75, 3.05) is 13.1 Å². The molecule has 1 aliphatic heterocycles. The van der Waals surface area contributed by atoms with Gasteiger partial charge in [-0.25, -0.2) is 0 Å². The highest BCUT2D eigenvalue weighted by Crippen LogP contribution is 2.28. The molecule has 1 saturated heterocycles. The monoisotopic (exact) mass is 236 g/mol. The molecule has 1 aromatic rings. The fourth-order valence-corrected chi connectivity index (χ4v) is 3.04. The van der Waals surface area contributed by atoms with E-state index in [0.29, 0.717) is 10.8 Å². The van der Waals surface area contributed by atoms with Crippen molar-refractivity contribution in [1.82, 2.24) is 5.32 Å². The summed E-state index contributed by atoms with van der Waals surface area (Å²) in [6, 6.07) is 7.58. The largest absolute Gasteiger partial charge is 0.366 e. The van der Waals surface area contributed by atoms with Crippen molar-refractivity contribution < 1.29 is 4.79 Å². The molecule has 0 atom stereocenters. The molecule has 1 heterocycles. The van der Waals surface area contributed by atoms with E-state index in [1.807, 2.05) is 30.0 Å². The minimum absolute atomic E-state index is 0.354. The minimum atomic E-state index is -0.354. The standard InChI is InChI=1S/C12H16N2OS/c13-12(15)9-2-1-3-11(8-9)16-10-4-6-14-7-5-10/h1-3,8,10,14H,4-7H2,(H2,13,15). The summed E-state index contributed by atoms with van der Waals surface area (Å²) in [6.07, 6.45) is 2.37. The molecular formula is C12H16N2OS. The SMILES string of the molecule is NC(=O)c1cccc(SC2CCNCC2)c1. The van der Waals surface area contributed by atoms with Crippen molar-refractivity contribution in [1.29, 1.82) is 0 Å². The summed E-state index contributed by atoms with van der Waals surface area (Å²) < 4.78 is 0. The van der Waals surface area contributed by atoms with Gasteiger partial charge >= 0.3 is 0 Å². The summed E-state index contributed by atoms with van der Waals surface area (Å²) in [5.41, 5.74) is 5.85. The smallest absolute Gasteiger partial charge is 0.248 e. The summed E-state index contributed by atoms with van der Waals surface area (Å²) in [5.74, 6) is -0.354. The number of nitrogens with one attached hydrogen (secondary N) is 1. The van der Waals surface area contributed by atoms with Gasteiger partial charge in [0.15, 0.2) is 0 Å². The van der Waals surface area contributed by atoms with E-state index in [0.717, 1.165) is 18.0 Å². The average molecular weight is 236 g/mol. The predicted octanol–water partition coefficient (Wildman–Crippen LogP) is 1.63. The lowest BCUT2D eigenvalue weighted by Gasteiger charge is -2.22. The van der Waals surface area contributed by atoms with Crippen molar-refractivity contribution >= 4 is 17.7 Å². The van der Waals surface area contributed by atoms with Crippen LogP contribution in [0.25, 0.3) is 0 Å². The Kier molecular flexibility index (Phi) is 3.85. The molecule has 0 bridgehead atoms. The number of amides is 1. The van der Waals surface area contributed by atoms with Gasteiger partial charge in [-0.15, -0.1) is 11.8 Å². The van der Waals surface area contributed by atoms with E-state index in [2.05, 4.69) is 5.32 Å². The van der Waals surface area contributed by atoms with E-state index in [1.165, 1.54) is 12.8 Å². The van der Waals surface area contributed by atoms with Gasteiger partial charge in [-0.05, 0) is 44.1 Å². The van der Waals surface area contributed by atoms with E-state index >= 15 is 0 Å². The molecule has 1 amide bonds. The van der Waals surface area contributed by atoms with Crippen LogP contribution in [0, 0.1) is 0 Å². The minimum Gasteiger partial charge on any atom is -0.366 e. The van der Waals surface area contributed by atoms with Gasteiger partial charge < -0.3 is 11.1 Å². The quantitative estimate of drug-likeness (QED) is 0.838. The van der Waals surface area contributed by atoms with Crippen LogP contribution >= 0.6 is 11.8 Å². The van der Waals surface area contributed by atoms with Gasteiger partial charge in [0.1, 0.15) is 0 Å². The van der Waals surface area contributed by atoms with Crippen LogP contribution in [0.4, 0.5) is 0 Å². The summed E-state index contributed by atoms with van der Waals surface area (Å²) in [7, 11) is 0. The van der Waals surface area contributed by atoms with Crippen LogP contribution < -0.4 is 11.1 Å². The summed E-state index contributed by atoms with van der Waals surface area (Å²) in [4.78, 5) is 12.2. The summed E-state index contributed by atoms with van der Waals surface area (Å²) in [6.45, 7) is 2.18. The second kappa shape index (κ2) is 5.37. The van der Waals surface area contributed by atoms with Gasteiger partial charge in [0.05, 0.1) is 0 Å². The zero-order valence-corrected chi connectivity index (χ0v) is 9.93. The lowest BCUT2D eigenvalue weighted by Crippen LogP contribution is -2.29. The molecule has 86 valence electrons. The van der Waals surface area contributed by atoms with E-state index in [9.17, 15) is 4.79 Å². The predicted molar refractivity (Wildman–Crippen MR) is 66.7 cm³/mol. The van der Waals surface area contributed by atoms with Crippen LogP contribution in [-0.2, 0) is 0 Å². The first-order chi connectivity index (χ1) is 7.75. The third-order valence-electron chi connectivity index (χ3n) is 2.71. The molecule has 4 heteroatoms. The van der Waals surface area contributed by atoms with Gasteiger partial charge in [-0.1, -0.05) is 6.07 Å². The summed E-state index contributed by atoms with van der Waals surface area (Å²) >= 11 is 1.85. The molecule has 1 fully saturated rings. The lowest BCUT2D eigenvalue weighted by molar-refractivity contribution is 0.1000.